The Hall–Kier alpha value is -0.300. The summed E-state index contributed by atoms with van der Waals surface area (Å²) in [7, 11) is 1.93. The van der Waals surface area contributed by atoms with Crippen molar-refractivity contribution in [3.63, 3.8) is 0 Å². The third kappa shape index (κ3) is 1.88. The van der Waals surface area contributed by atoms with Crippen LogP contribution in [0.3, 0.4) is 0 Å². The molecule has 0 saturated heterocycles. The van der Waals surface area contributed by atoms with Crippen LogP contribution in [-0.4, -0.2) is 15.8 Å². The van der Waals surface area contributed by atoms with Gasteiger partial charge in [0.15, 0.2) is 0 Å². The summed E-state index contributed by atoms with van der Waals surface area (Å²) >= 11 is 6.46. The highest BCUT2D eigenvalue weighted by Crippen LogP contribution is 2.32. The third-order valence-electron chi connectivity index (χ3n) is 1.87. The molecule has 2 aromatic heterocycles. The Kier molecular flexibility index (Phi) is 3.27. The Morgan fingerprint density at radius 3 is 2.93 bits per heavy atom. The van der Waals surface area contributed by atoms with Crippen molar-refractivity contribution < 1.29 is 0 Å². The molecular formula is C8H8BrN3S2. The first-order valence-corrected chi connectivity index (χ1v) is 6.41. The lowest BCUT2D eigenvalue weighted by atomic mass is 10.2. The number of aromatic nitrogens is 2. The maximum atomic E-state index is 4.24. The van der Waals surface area contributed by atoms with E-state index in [1.165, 1.54) is 16.6 Å². The minimum atomic E-state index is 0.142. The maximum Gasteiger partial charge on any atom is 0.0966 e. The van der Waals surface area contributed by atoms with Gasteiger partial charge >= 0.3 is 0 Å². The van der Waals surface area contributed by atoms with Crippen molar-refractivity contribution in [3.05, 3.63) is 32.7 Å². The Balaban J connectivity index is 2.36. The van der Waals surface area contributed by atoms with Gasteiger partial charge in [0.25, 0.3) is 0 Å². The molecule has 2 rings (SSSR count). The zero-order valence-electron chi connectivity index (χ0n) is 7.40. The molecule has 0 fully saturated rings. The van der Waals surface area contributed by atoms with Crippen molar-refractivity contribution in [1.82, 2.24) is 14.1 Å². The van der Waals surface area contributed by atoms with Gasteiger partial charge in [-0.05, 0) is 34.4 Å². The van der Waals surface area contributed by atoms with E-state index < -0.39 is 0 Å². The van der Waals surface area contributed by atoms with Crippen LogP contribution in [0.5, 0.6) is 0 Å². The summed E-state index contributed by atoms with van der Waals surface area (Å²) in [5.41, 5.74) is 0.973. The molecule has 1 N–H and O–H groups in total. The van der Waals surface area contributed by atoms with Gasteiger partial charge in [0.05, 0.1) is 29.7 Å². The minimum absolute atomic E-state index is 0.142. The van der Waals surface area contributed by atoms with Crippen molar-refractivity contribution in [2.75, 3.05) is 7.05 Å². The zero-order chi connectivity index (χ0) is 9.97. The monoisotopic (exact) mass is 289 g/mol. The summed E-state index contributed by atoms with van der Waals surface area (Å²) in [6, 6.07) is 2.19. The van der Waals surface area contributed by atoms with Gasteiger partial charge < -0.3 is 5.32 Å². The van der Waals surface area contributed by atoms with E-state index in [4.69, 9.17) is 0 Å². The number of nitrogens with one attached hydrogen (secondary N) is 1. The number of rotatable bonds is 3. The van der Waals surface area contributed by atoms with Crippen molar-refractivity contribution in [2.45, 2.75) is 6.04 Å². The highest BCUT2D eigenvalue weighted by Gasteiger charge is 2.18. The van der Waals surface area contributed by atoms with Gasteiger partial charge in [-0.1, -0.05) is 0 Å². The molecule has 0 aromatic carbocycles. The topological polar surface area (TPSA) is 37.8 Å². The van der Waals surface area contributed by atoms with E-state index in [2.05, 4.69) is 35.4 Å². The van der Waals surface area contributed by atoms with Crippen molar-refractivity contribution in [2.24, 2.45) is 0 Å². The molecule has 0 bridgehead atoms. The number of nitrogens with zero attached hydrogens (tertiary/aromatic N) is 2. The van der Waals surface area contributed by atoms with Crippen molar-refractivity contribution in [3.8, 4) is 0 Å². The summed E-state index contributed by atoms with van der Waals surface area (Å²) in [5, 5.41) is 5.29. The lowest BCUT2D eigenvalue weighted by molar-refractivity contribution is 0.686. The molecule has 2 aromatic rings. The first-order valence-electron chi connectivity index (χ1n) is 4.00. The maximum absolute atomic E-state index is 4.24. The van der Waals surface area contributed by atoms with Crippen LogP contribution in [0.15, 0.2) is 22.1 Å². The molecule has 1 atom stereocenters. The Morgan fingerprint density at radius 1 is 1.57 bits per heavy atom. The van der Waals surface area contributed by atoms with Crippen molar-refractivity contribution >= 4 is 39.0 Å². The van der Waals surface area contributed by atoms with Gasteiger partial charge in [-0.15, -0.1) is 11.3 Å². The molecule has 2 heterocycles. The number of halogens is 1. The fourth-order valence-corrected chi connectivity index (χ4v) is 3.40. The molecule has 0 radical (unpaired) electrons. The molecule has 14 heavy (non-hydrogen) atoms. The second kappa shape index (κ2) is 4.48. The number of hydrogen-bond donors (Lipinski definition) is 1. The predicted molar refractivity (Wildman–Crippen MR) is 62.8 cm³/mol. The fourth-order valence-electron chi connectivity index (χ4n) is 1.22. The van der Waals surface area contributed by atoms with Crippen LogP contribution in [-0.2, 0) is 0 Å². The molecule has 74 valence electrons. The van der Waals surface area contributed by atoms with Crippen LogP contribution in [0.2, 0.25) is 0 Å². The van der Waals surface area contributed by atoms with E-state index >= 15 is 0 Å². The molecule has 0 aliphatic carbocycles. The van der Waals surface area contributed by atoms with Gasteiger partial charge in [-0.25, -0.2) is 0 Å². The van der Waals surface area contributed by atoms with Gasteiger partial charge in [-0.2, -0.15) is 8.75 Å². The molecule has 0 spiro atoms. The Labute approximate surface area is 98.6 Å². The minimum Gasteiger partial charge on any atom is -0.307 e. The Bertz CT molecular complexity index is 398. The highest BCUT2D eigenvalue weighted by molar-refractivity contribution is 9.10. The first-order chi connectivity index (χ1) is 6.83. The summed E-state index contributed by atoms with van der Waals surface area (Å²) < 4.78 is 9.37. The lowest BCUT2D eigenvalue weighted by Gasteiger charge is -2.11. The lowest BCUT2D eigenvalue weighted by Crippen LogP contribution is -2.17. The van der Waals surface area contributed by atoms with E-state index in [0.29, 0.717) is 0 Å². The van der Waals surface area contributed by atoms with Crippen LogP contribution in [0.25, 0.3) is 0 Å². The smallest absolute Gasteiger partial charge is 0.0966 e. The van der Waals surface area contributed by atoms with E-state index in [1.54, 1.807) is 17.5 Å². The average Bonchev–Trinajstić information content (AvgIpc) is 2.80. The molecule has 0 aliphatic rings. The summed E-state index contributed by atoms with van der Waals surface area (Å²) in [5.74, 6) is 0. The van der Waals surface area contributed by atoms with Crippen LogP contribution in [0.1, 0.15) is 16.6 Å². The molecule has 0 saturated carbocycles. The average molecular weight is 290 g/mol. The van der Waals surface area contributed by atoms with Crippen LogP contribution in [0, 0.1) is 0 Å². The largest absolute Gasteiger partial charge is 0.307 e. The van der Waals surface area contributed by atoms with Gasteiger partial charge in [0.2, 0.25) is 0 Å². The first kappa shape index (κ1) is 10.2. The molecule has 1 unspecified atom stereocenters. The molecule has 3 nitrogen and oxygen atoms in total. The fraction of sp³-hybridized carbons (Fsp3) is 0.250. The van der Waals surface area contributed by atoms with E-state index in [0.717, 1.165) is 10.2 Å². The zero-order valence-corrected chi connectivity index (χ0v) is 10.6. The van der Waals surface area contributed by atoms with Gasteiger partial charge in [-0.3, -0.25) is 0 Å². The molecular weight excluding hydrogens is 282 g/mol. The quantitative estimate of drug-likeness (QED) is 0.944. The van der Waals surface area contributed by atoms with Crippen LogP contribution in [0.4, 0.5) is 0 Å². The second-order valence-corrected chi connectivity index (χ2v) is 5.05. The van der Waals surface area contributed by atoms with E-state index in [-0.39, 0.29) is 6.04 Å². The Morgan fingerprint density at radius 2 is 2.43 bits per heavy atom. The predicted octanol–water partition coefficient (Wildman–Crippen LogP) is 2.67. The SMILES string of the molecule is CNC(c1cnsn1)c1sccc1Br. The third-order valence-corrected chi connectivity index (χ3v) is 4.30. The normalized spacial score (nSPS) is 13.0. The molecule has 6 heteroatoms. The van der Waals surface area contributed by atoms with Crippen LogP contribution >= 0.6 is 39.0 Å². The standard InChI is InChI=1S/C8H8BrN3S2/c1-10-7(6-4-11-14-12-6)8-5(9)2-3-13-8/h2-4,7,10H,1H3. The number of thiophene rings is 1. The summed E-state index contributed by atoms with van der Waals surface area (Å²) in [6.07, 6.45) is 1.80. The molecule has 0 aliphatic heterocycles. The van der Waals surface area contributed by atoms with E-state index in [9.17, 15) is 0 Å². The molecule has 0 amide bonds. The summed E-state index contributed by atoms with van der Waals surface area (Å²) in [6.45, 7) is 0. The van der Waals surface area contributed by atoms with Gasteiger partial charge in [0.1, 0.15) is 0 Å². The van der Waals surface area contributed by atoms with Crippen molar-refractivity contribution in [1.29, 1.82) is 0 Å². The summed E-state index contributed by atoms with van der Waals surface area (Å²) in [4.78, 5) is 1.24. The second-order valence-electron chi connectivity index (χ2n) is 2.69. The number of hydrogen-bond acceptors (Lipinski definition) is 5. The van der Waals surface area contributed by atoms with Crippen LogP contribution < -0.4 is 5.32 Å². The van der Waals surface area contributed by atoms with Gasteiger partial charge in [0, 0.05) is 9.35 Å². The highest BCUT2D eigenvalue weighted by atomic mass is 79.9. The van der Waals surface area contributed by atoms with E-state index in [1.807, 2.05) is 13.1 Å².